The van der Waals surface area contributed by atoms with Crippen LogP contribution in [-0.4, -0.2) is 45.6 Å². The van der Waals surface area contributed by atoms with Gasteiger partial charge >= 0.3 is 0 Å². The van der Waals surface area contributed by atoms with Crippen LogP contribution in [0.1, 0.15) is 25.0 Å². The van der Waals surface area contributed by atoms with Gasteiger partial charge in [0, 0.05) is 33.9 Å². The molecule has 0 aliphatic rings. The minimum absolute atomic E-state index is 0.322. The van der Waals surface area contributed by atoms with Crippen molar-refractivity contribution in [1.82, 2.24) is 0 Å². The second kappa shape index (κ2) is 8.89. The highest BCUT2D eigenvalue weighted by Gasteiger charge is 2.13. The number of halogens is 1. The highest BCUT2D eigenvalue weighted by atomic mass is 19.1. The normalized spacial score (nSPS) is 12.4. The molecule has 1 rings (SSSR count). The molecule has 0 saturated carbocycles. The molecule has 0 spiro atoms. The number of aliphatic hydroxyl groups is 1. The summed E-state index contributed by atoms with van der Waals surface area (Å²) in [5.41, 5.74) is 1.11. The summed E-state index contributed by atoms with van der Waals surface area (Å²) in [5.74, 6) is -0.322. The highest BCUT2D eigenvalue weighted by Crippen LogP contribution is 2.23. The van der Waals surface area contributed by atoms with Crippen LogP contribution in [0.2, 0.25) is 0 Å². The SMILES string of the molecule is COCCCN(CCOC)c1ccc([C@H](C)O)cc1F. The molecule has 0 unspecified atom stereocenters. The summed E-state index contributed by atoms with van der Waals surface area (Å²) in [6, 6.07) is 4.84. The van der Waals surface area contributed by atoms with Crippen LogP contribution in [0.3, 0.4) is 0 Å². The minimum atomic E-state index is -0.667. The van der Waals surface area contributed by atoms with Gasteiger partial charge in [-0.25, -0.2) is 4.39 Å². The third kappa shape index (κ3) is 5.07. The number of hydrogen-bond acceptors (Lipinski definition) is 4. The van der Waals surface area contributed by atoms with E-state index in [9.17, 15) is 9.50 Å². The van der Waals surface area contributed by atoms with E-state index in [4.69, 9.17) is 9.47 Å². The summed E-state index contributed by atoms with van der Waals surface area (Å²) in [5, 5.41) is 9.48. The molecule has 20 heavy (non-hydrogen) atoms. The van der Waals surface area contributed by atoms with Crippen LogP contribution in [0, 0.1) is 5.82 Å². The number of ether oxygens (including phenoxy) is 2. The van der Waals surface area contributed by atoms with E-state index >= 15 is 0 Å². The topological polar surface area (TPSA) is 41.9 Å². The zero-order chi connectivity index (χ0) is 15.0. The average molecular weight is 285 g/mol. The van der Waals surface area contributed by atoms with Crippen LogP contribution < -0.4 is 4.90 Å². The van der Waals surface area contributed by atoms with E-state index in [0.29, 0.717) is 37.6 Å². The fourth-order valence-electron chi connectivity index (χ4n) is 1.99. The lowest BCUT2D eigenvalue weighted by molar-refractivity contribution is 0.190. The molecule has 5 heteroatoms. The van der Waals surface area contributed by atoms with Gasteiger partial charge in [0.2, 0.25) is 0 Å². The Kier molecular flexibility index (Phi) is 7.51. The van der Waals surface area contributed by atoms with Gasteiger partial charge < -0.3 is 19.5 Å². The van der Waals surface area contributed by atoms with Crippen LogP contribution in [0.25, 0.3) is 0 Å². The molecule has 0 bridgehead atoms. The predicted molar refractivity (Wildman–Crippen MR) is 77.6 cm³/mol. The Morgan fingerprint density at radius 2 is 1.90 bits per heavy atom. The minimum Gasteiger partial charge on any atom is -0.389 e. The second-order valence-corrected chi connectivity index (χ2v) is 4.71. The van der Waals surface area contributed by atoms with Crippen LogP contribution in [-0.2, 0) is 9.47 Å². The molecule has 0 aromatic heterocycles. The molecule has 0 radical (unpaired) electrons. The van der Waals surface area contributed by atoms with Gasteiger partial charge in [0.25, 0.3) is 0 Å². The maximum Gasteiger partial charge on any atom is 0.146 e. The smallest absolute Gasteiger partial charge is 0.146 e. The summed E-state index contributed by atoms with van der Waals surface area (Å²) in [4.78, 5) is 1.93. The van der Waals surface area contributed by atoms with Crippen LogP contribution in [0.5, 0.6) is 0 Å². The number of aliphatic hydroxyl groups excluding tert-OH is 1. The Morgan fingerprint density at radius 1 is 1.20 bits per heavy atom. The van der Waals surface area contributed by atoms with E-state index in [2.05, 4.69) is 0 Å². The third-order valence-electron chi connectivity index (χ3n) is 3.14. The molecule has 0 heterocycles. The third-order valence-corrected chi connectivity index (χ3v) is 3.14. The van der Waals surface area contributed by atoms with Crippen molar-refractivity contribution in [3.8, 4) is 0 Å². The number of anilines is 1. The van der Waals surface area contributed by atoms with E-state index in [1.54, 1.807) is 33.3 Å². The Labute approximate surface area is 120 Å². The number of nitrogens with zero attached hydrogens (tertiary/aromatic N) is 1. The molecule has 1 aromatic rings. The van der Waals surface area contributed by atoms with Crippen LogP contribution in [0.4, 0.5) is 10.1 Å². The van der Waals surface area contributed by atoms with Gasteiger partial charge in [-0.05, 0) is 31.0 Å². The molecular weight excluding hydrogens is 261 g/mol. The molecule has 1 atom stereocenters. The summed E-state index contributed by atoms with van der Waals surface area (Å²) < 4.78 is 24.3. The summed E-state index contributed by atoms with van der Waals surface area (Å²) in [7, 11) is 3.28. The molecule has 0 saturated heterocycles. The lowest BCUT2D eigenvalue weighted by Gasteiger charge is -2.25. The van der Waals surface area contributed by atoms with Gasteiger partial charge in [-0.3, -0.25) is 0 Å². The number of hydrogen-bond donors (Lipinski definition) is 1. The Balaban J connectivity index is 2.82. The van der Waals surface area contributed by atoms with Crippen molar-refractivity contribution in [2.75, 3.05) is 45.4 Å². The van der Waals surface area contributed by atoms with E-state index in [1.807, 2.05) is 4.90 Å². The molecule has 0 aliphatic carbocycles. The predicted octanol–water partition coefficient (Wildman–Crippen LogP) is 2.37. The number of benzene rings is 1. The maximum absolute atomic E-state index is 14.2. The molecule has 1 N–H and O–H groups in total. The molecule has 4 nitrogen and oxygen atoms in total. The lowest BCUT2D eigenvalue weighted by Crippen LogP contribution is -2.29. The first-order chi connectivity index (χ1) is 9.60. The van der Waals surface area contributed by atoms with E-state index < -0.39 is 6.10 Å². The fourth-order valence-corrected chi connectivity index (χ4v) is 1.99. The van der Waals surface area contributed by atoms with E-state index in [-0.39, 0.29) is 5.82 Å². The van der Waals surface area contributed by atoms with Gasteiger partial charge in [0.1, 0.15) is 5.82 Å². The van der Waals surface area contributed by atoms with Crippen LogP contribution >= 0.6 is 0 Å². The Bertz CT molecular complexity index is 399. The van der Waals surface area contributed by atoms with Gasteiger partial charge in [0.05, 0.1) is 18.4 Å². The molecule has 1 aromatic carbocycles. The van der Waals surface area contributed by atoms with Crippen molar-refractivity contribution in [1.29, 1.82) is 0 Å². The molecule has 0 fully saturated rings. The largest absolute Gasteiger partial charge is 0.389 e. The number of methoxy groups -OCH3 is 2. The van der Waals surface area contributed by atoms with Crippen LogP contribution in [0.15, 0.2) is 18.2 Å². The van der Waals surface area contributed by atoms with Gasteiger partial charge in [0.15, 0.2) is 0 Å². The first-order valence-electron chi connectivity index (χ1n) is 6.80. The first kappa shape index (κ1) is 16.9. The van der Waals surface area contributed by atoms with Gasteiger partial charge in [-0.1, -0.05) is 6.07 Å². The quantitative estimate of drug-likeness (QED) is 0.707. The van der Waals surface area contributed by atoms with Crippen molar-refractivity contribution in [2.45, 2.75) is 19.4 Å². The standard InChI is InChI=1S/C15H24FNO3/c1-12(18)13-5-6-15(14(16)11-13)17(8-10-20-3)7-4-9-19-2/h5-6,11-12,18H,4,7-10H2,1-3H3/t12-/m0/s1. The van der Waals surface area contributed by atoms with Crippen molar-refractivity contribution in [2.24, 2.45) is 0 Å². The van der Waals surface area contributed by atoms with Gasteiger partial charge in [-0.2, -0.15) is 0 Å². The summed E-state index contributed by atoms with van der Waals surface area (Å²) in [6.45, 7) is 4.10. The highest BCUT2D eigenvalue weighted by molar-refractivity contribution is 5.49. The Morgan fingerprint density at radius 3 is 2.45 bits per heavy atom. The summed E-state index contributed by atoms with van der Waals surface area (Å²) >= 11 is 0. The lowest BCUT2D eigenvalue weighted by atomic mass is 10.1. The maximum atomic E-state index is 14.2. The fraction of sp³-hybridized carbons (Fsp3) is 0.600. The van der Waals surface area contributed by atoms with Crippen molar-refractivity contribution < 1.29 is 19.0 Å². The average Bonchev–Trinajstić information content (AvgIpc) is 2.43. The molecular formula is C15H24FNO3. The Hall–Kier alpha value is -1.17. The second-order valence-electron chi connectivity index (χ2n) is 4.71. The van der Waals surface area contributed by atoms with Crippen molar-refractivity contribution in [3.63, 3.8) is 0 Å². The molecule has 114 valence electrons. The zero-order valence-corrected chi connectivity index (χ0v) is 12.4. The summed E-state index contributed by atoms with van der Waals surface area (Å²) in [6.07, 6.45) is 0.150. The first-order valence-corrected chi connectivity index (χ1v) is 6.80. The van der Waals surface area contributed by atoms with Crippen molar-refractivity contribution >= 4 is 5.69 Å². The van der Waals surface area contributed by atoms with Gasteiger partial charge in [-0.15, -0.1) is 0 Å². The van der Waals surface area contributed by atoms with E-state index in [0.717, 1.165) is 6.42 Å². The zero-order valence-electron chi connectivity index (χ0n) is 12.4. The molecule has 0 aliphatic heterocycles. The monoisotopic (exact) mass is 285 g/mol. The van der Waals surface area contributed by atoms with Crippen molar-refractivity contribution in [3.05, 3.63) is 29.6 Å². The molecule has 0 amide bonds. The number of rotatable bonds is 9. The van der Waals surface area contributed by atoms with E-state index in [1.165, 1.54) is 6.07 Å².